The van der Waals surface area contributed by atoms with E-state index >= 15 is 0 Å². The Morgan fingerprint density at radius 1 is 1.18 bits per heavy atom. The summed E-state index contributed by atoms with van der Waals surface area (Å²) in [7, 11) is 1.84. The quantitative estimate of drug-likeness (QED) is 0.444. The summed E-state index contributed by atoms with van der Waals surface area (Å²) in [6, 6.07) is 9.03. The number of nitrogens with one attached hydrogen (secondary N) is 1. The van der Waals surface area contributed by atoms with Gasteiger partial charge in [0.25, 0.3) is 0 Å². The van der Waals surface area contributed by atoms with Crippen LogP contribution in [0.3, 0.4) is 0 Å². The lowest BCUT2D eigenvalue weighted by molar-refractivity contribution is -0.113. The average Bonchev–Trinajstić information content (AvgIpc) is 3.01. The summed E-state index contributed by atoms with van der Waals surface area (Å²) in [5.41, 5.74) is 3.67. The molecule has 1 N–H and O–H groups in total. The fourth-order valence-corrected chi connectivity index (χ4v) is 4.22. The molecule has 0 atom stereocenters. The Balaban J connectivity index is 1.69. The van der Waals surface area contributed by atoms with Gasteiger partial charge in [-0.1, -0.05) is 50.9 Å². The lowest BCUT2D eigenvalue weighted by Crippen LogP contribution is -2.15. The smallest absolute Gasteiger partial charge is 0.234 e. The third kappa shape index (κ3) is 4.54. The van der Waals surface area contributed by atoms with Crippen molar-refractivity contribution in [1.29, 1.82) is 0 Å². The zero-order chi connectivity index (χ0) is 20.4. The Morgan fingerprint density at radius 2 is 1.93 bits per heavy atom. The Morgan fingerprint density at radius 3 is 2.64 bits per heavy atom. The van der Waals surface area contributed by atoms with Crippen LogP contribution in [0.25, 0.3) is 11.4 Å². The molecule has 0 fully saturated rings. The van der Waals surface area contributed by atoms with Crippen LogP contribution in [0.2, 0.25) is 10.0 Å². The molecule has 1 heterocycles. The number of rotatable bonds is 5. The van der Waals surface area contributed by atoms with E-state index in [1.807, 2.05) is 37.6 Å². The highest BCUT2D eigenvalue weighted by Crippen LogP contribution is 2.31. The number of carbonyl (C=O) groups is 1. The van der Waals surface area contributed by atoms with Gasteiger partial charge in [-0.05, 0) is 55.3 Å². The van der Waals surface area contributed by atoms with Crippen LogP contribution in [0.5, 0.6) is 0 Å². The normalized spacial score (nSPS) is 10.9. The van der Waals surface area contributed by atoms with E-state index in [9.17, 15) is 4.79 Å². The van der Waals surface area contributed by atoms with Gasteiger partial charge in [0.15, 0.2) is 11.0 Å². The summed E-state index contributed by atoms with van der Waals surface area (Å²) in [5, 5.41) is 13.0. The molecule has 1 aromatic heterocycles. The van der Waals surface area contributed by atoms with Crippen molar-refractivity contribution in [3.8, 4) is 11.4 Å². The second-order valence-electron chi connectivity index (χ2n) is 6.17. The lowest BCUT2D eigenvalue weighted by atomic mass is 10.1. The van der Waals surface area contributed by atoms with E-state index in [0.717, 1.165) is 26.9 Å². The van der Waals surface area contributed by atoms with Gasteiger partial charge in [0, 0.05) is 27.8 Å². The lowest BCUT2D eigenvalue weighted by Gasteiger charge is -2.11. The first-order chi connectivity index (χ1) is 13.3. The monoisotopic (exact) mass is 498 g/mol. The van der Waals surface area contributed by atoms with Gasteiger partial charge in [0.05, 0.1) is 10.8 Å². The molecular formula is C19H17BrCl2N4OS. The Labute approximate surface area is 186 Å². The van der Waals surface area contributed by atoms with Crippen LogP contribution in [0, 0.1) is 13.8 Å². The average molecular weight is 500 g/mol. The molecule has 2 aromatic carbocycles. The van der Waals surface area contributed by atoms with Gasteiger partial charge in [-0.3, -0.25) is 4.79 Å². The van der Waals surface area contributed by atoms with Gasteiger partial charge in [0.2, 0.25) is 5.91 Å². The largest absolute Gasteiger partial charge is 0.325 e. The molecule has 5 nitrogen and oxygen atoms in total. The second kappa shape index (κ2) is 8.86. The minimum Gasteiger partial charge on any atom is -0.325 e. The number of thioether (sulfide) groups is 1. The van der Waals surface area contributed by atoms with Crippen LogP contribution >= 0.6 is 50.9 Å². The number of carbonyl (C=O) groups excluding carboxylic acids is 1. The summed E-state index contributed by atoms with van der Waals surface area (Å²) < 4.78 is 2.83. The number of benzene rings is 2. The molecule has 0 aliphatic heterocycles. The van der Waals surface area contributed by atoms with Crippen molar-refractivity contribution in [1.82, 2.24) is 14.8 Å². The third-order valence-electron chi connectivity index (χ3n) is 4.33. The van der Waals surface area contributed by atoms with Crippen molar-refractivity contribution >= 4 is 62.5 Å². The first kappa shape index (κ1) is 21.2. The number of hydrogen-bond acceptors (Lipinski definition) is 4. The summed E-state index contributed by atoms with van der Waals surface area (Å²) >= 11 is 17.0. The van der Waals surface area contributed by atoms with Crippen LogP contribution < -0.4 is 5.32 Å². The molecule has 9 heteroatoms. The van der Waals surface area contributed by atoms with Crippen molar-refractivity contribution in [2.75, 3.05) is 11.1 Å². The number of nitrogens with zero attached hydrogens (tertiary/aromatic N) is 3. The van der Waals surface area contributed by atoms with Gasteiger partial charge < -0.3 is 9.88 Å². The van der Waals surface area contributed by atoms with Crippen molar-refractivity contribution in [3.05, 3.63) is 56.0 Å². The molecule has 146 valence electrons. The molecule has 0 bridgehead atoms. The highest BCUT2D eigenvalue weighted by molar-refractivity contribution is 9.10. The molecule has 0 radical (unpaired) electrons. The summed E-state index contributed by atoms with van der Waals surface area (Å²) in [4.78, 5) is 12.4. The maximum Gasteiger partial charge on any atom is 0.234 e. The van der Waals surface area contributed by atoms with Crippen LogP contribution in [-0.2, 0) is 11.8 Å². The van der Waals surface area contributed by atoms with E-state index in [4.69, 9.17) is 23.2 Å². The van der Waals surface area contributed by atoms with E-state index in [-0.39, 0.29) is 11.7 Å². The molecule has 0 aliphatic rings. The van der Waals surface area contributed by atoms with Crippen LogP contribution in [0.4, 0.5) is 5.69 Å². The topological polar surface area (TPSA) is 59.8 Å². The number of aromatic nitrogens is 3. The maximum absolute atomic E-state index is 12.4. The molecule has 0 spiro atoms. The van der Waals surface area contributed by atoms with Crippen LogP contribution in [0.1, 0.15) is 11.1 Å². The predicted molar refractivity (Wildman–Crippen MR) is 119 cm³/mol. The minimum absolute atomic E-state index is 0.108. The molecular weight excluding hydrogens is 483 g/mol. The molecule has 0 saturated carbocycles. The highest BCUT2D eigenvalue weighted by Gasteiger charge is 2.16. The van der Waals surface area contributed by atoms with Gasteiger partial charge >= 0.3 is 0 Å². The molecule has 0 saturated heterocycles. The van der Waals surface area contributed by atoms with Gasteiger partial charge in [0.1, 0.15) is 0 Å². The van der Waals surface area contributed by atoms with E-state index in [0.29, 0.717) is 21.0 Å². The standard InChI is InChI=1S/C19H17BrCl2N4OS/c1-10-11(2)16(7-6-14(10)20)23-17(27)9-28-19-25-24-18(26(19)3)13-5-4-12(21)8-15(13)22/h4-8H,9H2,1-3H3,(H,23,27). The van der Waals surface area contributed by atoms with E-state index in [1.165, 1.54) is 11.8 Å². The zero-order valence-electron chi connectivity index (χ0n) is 15.4. The number of amides is 1. The molecule has 0 aliphatic carbocycles. The fourth-order valence-electron chi connectivity index (χ4n) is 2.59. The van der Waals surface area contributed by atoms with Gasteiger partial charge in [-0.2, -0.15) is 0 Å². The Bertz CT molecular complexity index is 1050. The minimum atomic E-state index is -0.108. The van der Waals surface area contributed by atoms with Crippen molar-refractivity contribution < 1.29 is 4.79 Å². The van der Waals surface area contributed by atoms with Crippen molar-refractivity contribution in [2.24, 2.45) is 7.05 Å². The molecule has 1 amide bonds. The first-order valence-electron chi connectivity index (χ1n) is 8.31. The summed E-state index contributed by atoms with van der Waals surface area (Å²) in [6.07, 6.45) is 0. The number of anilines is 1. The summed E-state index contributed by atoms with van der Waals surface area (Å²) in [6.45, 7) is 3.99. The number of hydrogen-bond donors (Lipinski definition) is 1. The maximum atomic E-state index is 12.4. The van der Waals surface area contributed by atoms with Crippen LogP contribution in [0.15, 0.2) is 40.0 Å². The summed E-state index contributed by atoms with van der Waals surface area (Å²) in [5.74, 6) is 0.724. The van der Waals surface area contributed by atoms with Gasteiger partial charge in [-0.15, -0.1) is 10.2 Å². The van der Waals surface area contributed by atoms with Gasteiger partial charge in [-0.25, -0.2) is 0 Å². The second-order valence-corrected chi connectivity index (χ2v) is 8.81. The molecule has 0 unspecified atom stereocenters. The van der Waals surface area contributed by atoms with Crippen molar-refractivity contribution in [2.45, 2.75) is 19.0 Å². The third-order valence-corrected chi connectivity index (χ3v) is 6.76. The Hall–Kier alpha value is -1.54. The predicted octanol–water partition coefficient (Wildman–Crippen LogP) is 5.90. The van der Waals surface area contributed by atoms with E-state index < -0.39 is 0 Å². The van der Waals surface area contributed by atoms with E-state index in [2.05, 4.69) is 31.4 Å². The van der Waals surface area contributed by atoms with E-state index in [1.54, 1.807) is 18.2 Å². The number of halogens is 3. The first-order valence-corrected chi connectivity index (χ1v) is 10.8. The highest BCUT2D eigenvalue weighted by atomic mass is 79.9. The molecule has 3 rings (SSSR count). The molecule has 3 aromatic rings. The Kier molecular flexibility index (Phi) is 6.70. The zero-order valence-corrected chi connectivity index (χ0v) is 19.3. The van der Waals surface area contributed by atoms with Crippen molar-refractivity contribution in [3.63, 3.8) is 0 Å². The van der Waals surface area contributed by atoms with Crippen LogP contribution in [-0.4, -0.2) is 26.4 Å². The SMILES string of the molecule is Cc1c(Br)ccc(NC(=O)CSc2nnc(-c3ccc(Cl)cc3Cl)n2C)c1C. The fraction of sp³-hybridized carbons (Fsp3) is 0.211. The molecule has 28 heavy (non-hydrogen) atoms.